The molecule has 1 aliphatic carbocycles. The first kappa shape index (κ1) is 44.3. The van der Waals surface area contributed by atoms with Crippen molar-refractivity contribution in [2.24, 2.45) is 0 Å². The molecule has 68 heavy (non-hydrogen) atoms. The van der Waals surface area contributed by atoms with Crippen molar-refractivity contribution in [2.45, 2.75) is 48.2 Å². The Balaban J connectivity index is 1.29. The molecule has 4 aromatic rings. The molecule has 4 aliphatic heterocycles. The highest BCUT2D eigenvalue weighted by Gasteiger charge is 2.70. The van der Waals surface area contributed by atoms with Gasteiger partial charge in [-0.25, -0.2) is 24.0 Å². The summed E-state index contributed by atoms with van der Waals surface area (Å²) in [6.07, 6.45) is -12.1. The van der Waals surface area contributed by atoms with Crippen LogP contribution in [0.2, 0.25) is 0 Å². The van der Waals surface area contributed by atoms with Gasteiger partial charge in [-0.1, -0.05) is 0 Å². The van der Waals surface area contributed by atoms with Gasteiger partial charge in [-0.15, -0.1) is 0 Å². The van der Waals surface area contributed by atoms with Gasteiger partial charge in [-0.2, -0.15) is 0 Å². The van der Waals surface area contributed by atoms with E-state index in [1.54, 1.807) is 0 Å². The summed E-state index contributed by atoms with van der Waals surface area (Å²) < 4.78 is 39.1. The van der Waals surface area contributed by atoms with Gasteiger partial charge in [0.15, 0.2) is 64.0 Å². The van der Waals surface area contributed by atoms with Crippen molar-refractivity contribution in [3.63, 3.8) is 0 Å². The molecular formula is C41H28O27. The molecule has 27 heteroatoms. The van der Waals surface area contributed by atoms with Crippen molar-refractivity contribution < 1.29 is 133 Å². The van der Waals surface area contributed by atoms with Crippen LogP contribution in [0.3, 0.4) is 0 Å². The number of ketones is 1. The zero-order valence-corrected chi connectivity index (χ0v) is 33.2. The van der Waals surface area contributed by atoms with Crippen LogP contribution in [0.25, 0.3) is 11.1 Å². The van der Waals surface area contributed by atoms with Crippen LogP contribution in [0.5, 0.6) is 69.0 Å². The van der Waals surface area contributed by atoms with Crippen LogP contribution >= 0.6 is 0 Å². The summed E-state index contributed by atoms with van der Waals surface area (Å²) in [7, 11) is 0. The predicted octanol–water partition coefficient (Wildman–Crippen LogP) is -1.10. The normalized spacial score (nSPS) is 25.7. The van der Waals surface area contributed by atoms with Crippen molar-refractivity contribution in [1.82, 2.24) is 0 Å². The number of aromatic hydroxyl groups is 11. The average molecular weight is 953 g/mol. The van der Waals surface area contributed by atoms with Crippen LogP contribution < -0.4 is 4.74 Å². The van der Waals surface area contributed by atoms with Gasteiger partial charge in [-0.3, -0.25) is 4.79 Å². The number of hydrogen-bond acceptors (Lipinski definition) is 27. The zero-order chi connectivity index (χ0) is 49.4. The monoisotopic (exact) mass is 952 g/mol. The first-order chi connectivity index (χ1) is 31.9. The minimum absolute atomic E-state index is 0.207. The van der Waals surface area contributed by atoms with Crippen molar-refractivity contribution in [3.8, 4) is 80.1 Å². The van der Waals surface area contributed by atoms with Gasteiger partial charge in [0, 0.05) is 16.7 Å². The standard InChI is InChI=1S/C41H28O27/c42-13-1-8(2-14(43)24(13)48)34(54)67-39-33-32-30(64-38(58)12-6-19(47)40(59,60)41(61)23(12)22-11(37(57)66-33)5-17(46)27(51)31(22)68-41)18(63-39)7-62-35(55)9-3-15(44)25(49)28(52)20(9)21-10(36(56)65-32)4-16(45)26(50)29(21)53/h1-6,18,23,30,32-33,39,42-46,48-53,59-61H,7H2/t18-,23?,30?,32?,33-,39?,41-/m1/s1. The van der Waals surface area contributed by atoms with E-state index in [-0.39, 0.29) is 6.08 Å². The second kappa shape index (κ2) is 14.8. The fourth-order valence-corrected chi connectivity index (χ4v) is 8.26. The summed E-state index contributed by atoms with van der Waals surface area (Å²) in [5, 5.41) is 150. The molecule has 0 saturated carbocycles. The number of fused-ring (bicyclic) bond motifs is 3. The fraction of sp³-hybridized carbons (Fsp3) is 0.220. The van der Waals surface area contributed by atoms with E-state index < -0.39 is 204 Å². The lowest BCUT2D eigenvalue weighted by Crippen LogP contribution is -2.66. The van der Waals surface area contributed by atoms with Crippen molar-refractivity contribution in [1.29, 1.82) is 0 Å². The number of rotatable bonds is 2. The molecule has 0 radical (unpaired) electrons. The van der Waals surface area contributed by atoms with Crippen molar-refractivity contribution >= 4 is 35.6 Å². The van der Waals surface area contributed by atoms with E-state index in [2.05, 4.69) is 0 Å². The summed E-state index contributed by atoms with van der Waals surface area (Å²) in [6.45, 7) is -1.31. The van der Waals surface area contributed by atoms with Crippen LogP contribution in [0.1, 0.15) is 52.9 Å². The van der Waals surface area contributed by atoms with Crippen molar-refractivity contribution in [2.75, 3.05) is 6.61 Å². The summed E-state index contributed by atoms with van der Waals surface area (Å²) in [5.41, 5.74) is -8.25. The lowest BCUT2D eigenvalue weighted by atomic mass is 9.74. The SMILES string of the molecule is O=C1OC2C3OC(=O)c4cc(O)c(O)c(O)c4-c4c(cc(O)c(O)c4O)C(=O)OC[C@H]2OC(OC(=O)c2cc(O)c(O)c(O)c2)[C@@H]3OC(=O)c2cc(O)c(O)c3c2C2C1=CC(=O)C(O)(O)[C@]2(O)O3. The van der Waals surface area contributed by atoms with Crippen LogP contribution in [-0.4, -0.2) is 156 Å². The Hall–Kier alpha value is -8.92. The summed E-state index contributed by atoms with van der Waals surface area (Å²) in [4.78, 5) is 84.6. The molecule has 4 heterocycles. The largest absolute Gasteiger partial charge is 0.504 e. The maximum Gasteiger partial charge on any atom is 0.340 e. The Morgan fingerprint density at radius 3 is 1.68 bits per heavy atom. The third-order valence-electron chi connectivity index (χ3n) is 11.5. The zero-order valence-electron chi connectivity index (χ0n) is 33.2. The number of phenols is 11. The smallest absolute Gasteiger partial charge is 0.340 e. The predicted molar refractivity (Wildman–Crippen MR) is 204 cm³/mol. The number of phenolic OH excluding ortho intramolecular Hbond substituents is 11. The Morgan fingerprint density at radius 1 is 0.574 bits per heavy atom. The number of ether oxygens (including phenoxy) is 7. The molecule has 4 unspecified atom stereocenters. The van der Waals surface area contributed by atoms with E-state index in [4.69, 9.17) is 33.2 Å². The molecule has 9 rings (SSSR count). The highest BCUT2D eigenvalue weighted by atomic mass is 16.8. The molecular weight excluding hydrogens is 924 g/mol. The highest BCUT2D eigenvalue weighted by molar-refractivity contribution is 6.09. The number of hydrogen-bond donors (Lipinski definition) is 14. The Kier molecular flexibility index (Phi) is 9.64. The van der Waals surface area contributed by atoms with Gasteiger partial charge in [0.25, 0.3) is 11.6 Å². The maximum absolute atomic E-state index is 14.6. The van der Waals surface area contributed by atoms with Gasteiger partial charge in [0.05, 0.1) is 33.7 Å². The van der Waals surface area contributed by atoms with Gasteiger partial charge < -0.3 is 105 Å². The molecule has 354 valence electrons. The Labute approximate surface area is 373 Å². The van der Waals surface area contributed by atoms with E-state index in [9.17, 15) is 100 Å². The van der Waals surface area contributed by atoms with E-state index in [1.165, 1.54) is 0 Å². The average Bonchev–Trinajstić information content (AvgIpc) is 3.61. The van der Waals surface area contributed by atoms with Crippen molar-refractivity contribution in [3.05, 3.63) is 69.8 Å². The van der Waals surface area contributed by atoms with Crippen LogP contribution in [0, 0.1) is 0 Å². The lowest BCUT2D eigenvalue weighted by molar-refractivity contribution is -0.323. The van der Waals surface area contributed by atoms with Crippen LogP contribution in [0.4, 0.5) is 0 Å². The van der Waals surface area contributed by atoms with Gasteiger partial charge in [0.1, 0.15) is 12.7 Å². The second-order valence-corrected chi connectivity index (χ2v) is 15.5. The Morgan fingerprint density at radius 2 is 1.07 bits per heavy atom. The van der Waals surface area contributed by atoms with E-state index >= 15 is 0 Å². The van der Waals surface area contributed by atoms with Gasteiger partial charge >= 0.3 is 29.8 Å². The minimum Gasteiger partial charge on any atom is -0.504 e. The van der Waals surface area contributed by atoms with E-state index in [0.29, 0.717) is 30.3 Å². The second-order valence-electron chi connectivity index (χ2n) is 15.5. The first-order valence-electron chi connectivity index (χ1n) is 19.1. The third-order valence-corrected chi connectivity index (χ3v) is 11.5. The summed E-state index contributed by atoms with van der Waals surface area (Å²) in [6, 6.07) is 2.36. The van der Waals surface area contributed by atoms with E-state index in [1.807, 2.05) is 0 Å². The number of carbonyl (C=O) groups is 6. The molecule has 0 amide bonds. The molecule has 0 aromatic heterocycles. The maximum atomic E-state index is 14.6. The molecule has 5 aliphatic rings. The number of carbonyl (C=O) groups excluding carboxylic acids is 6. The van der Waals surface area contributed by atoms with Gasteiger partial charge in [-0.05, 0) is 36.4 Å². The molecule has 1 fully saturated rings. The minimum atomic E-state index is -4.02. The highest BCUT2D eigenvalue weighted by Crippen LogP contribution is 2.60. The number of esters is 5. The molecule has 4 aromatic carbocycles. The van der Waals surface area contributed by atoms with E-state index in [0.717, 1.165) is 0 Å². The number of aliphatic hydroxyl groups is 3. The molecule has 7 atom stereocenters. The molecule has 14 N–H and O–H groups in total. The fourth-order valence-electron chi connectivity index (χ4n) is 8.26. The molecule has 1 saturated heterocycles. The number of cyclic esters (lactones) is 1. The lowest BCUT2D eigenvalue weighted by Gasteiger charge is -2.44. The van der Waals surface area contributed by atoms with Gasteiger partial charge in [0.2, 0.25) is 35.4 Å². The molecule has 4 bridgehead atoms. The third kappa shape index (κ3) is 6.21. The summed E-state index contributed by atoms with van der Waals surface area (Å²) >= 11 is 0. The first-order valence-corrected chi connectivity index (χ1v) is 19.1. The number of benzene rings is 4. The van der Waals surface area contributed by atoms with Crippen LogP contribution in [0.15, 0.2) is 42.0 Å². The van der Waals surface area contributed by atoms with Crippen LogP contribution in [-0.2, 0) is 38.0 Å². The molecule has 27 nitrogen and oxygen atoms in total. The summed E-state index contributed by atoms with van der Waals surface area (Å²) in [5.74, 6) is -36.2. The topological polar surface area (TPSA) is 450 Å². The quantitative estimate of drug-likeness (QED) is 0.0491. The Bertz CT molecular complexity index is 3020. The molecule has 0 spiro atoms.